The van der Waals surface area contributed by atoms with E-state index in [0.717, 1.165) is 28.1 Å². The first-order valence-corrected chi connectivity index (χ1v) is 10.4. The Bertz CT molecular complexity index is 1080. The number of fused-ring (bicyclic) bond motifs is 1. The number of rotatable bonds is 6. The fourth-order valence-electron chi connectivity index (χ4n) is 3.88. The zero-order valence-electron chi connectivity index (χ0n) is 18.3. The number of methoxy groups -OCH3 is 2. The van der Waals surface area contributed by atoms with Crippen molar-refractivity contribution in [3.8, 4) is 17.2 Å². The van der Waals surface area contributed by atoms with Crippen molar-refractivity contribution in [2.75, 3.05) is 20.8 Å². The molecule has 0 radical (unpaired) electrons. The quantitative estimate of drug-likeness (QED) is 0.489. The highest BCUT2D eigenvalue weighted by atomic mass is 16.5. The van der Waals surface area contributed by atoms with Crippen LogP contribution in [0.15, 0.2) is 71.7 Å². The van der Waals surface area contributed by atoms with Crippen molar-refractivity contribution in [1.29, 1.82) is 0 Å². The molecule has 31 heavy (non-hydrogen) atoms. The van der Waals surface area contributed by atoms with Gasteiger partial charge in [0.25, 0.3) is 0 Å². The highest BCUT2D eigenvalue weighted by Gasteiger charge is 2.30. The molecule has 2 atom stereocenters. The number of nitrogens with zero attached hydrogens (tertiary/aromatic N) is 1. The number of ether oxygens (including phenoxy) is 4. The van der Waals surface area contributed by atoms with Crippen LogP contribution in [0, 0.1) is 0 Å². The topological polar surface area (TPSA) is 49.3 Å². The predicted molar refractivity (Wildman–Crippen MR) is 122 cm³/mol. The van der Waals surface area contributed by atoms with Crippen LogP contribution in [-0.4, -0.2) is 26.7 Å². The number of hydrogen-bond donors (Lipinski definition) is 0. The molecule has 0 N–H and O–H groups in total. The van der Waals surface area contributed by atoms with Crippen molar-refractivity contribution in [2.24, 2.45) is 4.99 Å². The molecule has 160 valence electrons. The minimum atomic E-state index is -0.267. The molecular formula is C26H27NO4. The maximum Gasteiger partial charge on any atom is 0.221 e. The normalized spacial score (nSPS) is 17.6. The summed E-state index contributed by atoms with van der Waals surface area (Å²) < 4.78 is 23.3. The molecule has 5 heteroatoms. The van der Waals surface area contributed by atoms with E-state index in [1.165, 1.54) is 0 Å². The van der Waals surface area contributed by atoms with Gasteiger partial charge in [0.1, 0.15) is 11.9 Å². The Kier molecular flexibility index (Phi) is 6.12. The number of aliphatic imine (C=N–C) groups is 1. The van der Waals surface area contributed by atoms with Crippen molar-refractivity contribution >= 4 is 11.6 Å². The molecule has 0 unspecified atom stereocenters. The van der Waals surface area contributed by atoms with Gasteiger partial charge < -0.3 is 18.9 Å². The molecule has 0 aromatic heterocycles. The van der Waals surface area contributed by atoms with Gasteiger partial charge in [-0.05, 0) is 60.5 Å². The monoisotopic (exact) mass is 417 g/mol. The summed E-state index contributed by atoms with van der Waals surface area (Å²) in [5.41, 5.74) is 3.89. The Balaban J connectivity index is 1.84. The third-order valence-corrected chi connectivity index (χ3v) is 5.47. The Hall–Kier alpha value is -3.47. The third kappa shape index (κ3) is 4.22. The van der Waals surface area contributed by atoms with Crippen LogP contribution in [0.3, 0.4) is 0 Å². The summed E-state index contributed by atoms with van der Waals surface area (Å²) >= 11 is 0. The number of hydrogen-bond acceptors (Lipinski definition) is 5. The van der Waals surface area contributed by atoms with Crippen molar-refractivity contribution in [3.05, 3.63) is 83.4 Å². The van der Waals surface area contributed by atoms with Crippen LogP contribution in [0.25, 0.3) is 0 Å². The van der Waals surface area contributed by atoms with Gasteiger partial charge in [-0.2, -0.15) is 0 Å². The molecule has 0 spiro atoms. The lowest BCUT2D eigenvalue weighted by molar-refractivity contribution is 0.169. The van der Waals surface area contributed by atoms with E-state index in [9.17, 15) is 0 Å². The molecule has 1 heterocycles. The minimum absolute atomic E-state index is 0.0264. The van der Waals surface area contributed by atoms with Gasteiger partial charge in [-0.15, -0.1) is 0 Å². The summed E-state index contributed by atoms with van der Waals surface area (Å²) in [5, 5.41) is 0. The van der Waals surface area contributed by atoms with Gasteiger partial charge in [-0.3, -0.25) is 0 Å². The average molecular weight is 418 g/mol. The smallest absolute Gasteiger partial charge is 0.221 e. The van der Waals surface area contributed by atoms with Crippen LogP contribution in [0.5, 0.6) is 17.2 Å². The maximum atomic E-state index is 6.56. The largest absolute Gasteiger partial charge is 0.494 e. The molecule has 1 aliphatic heterocycles. The molecule has 1 aliphatic rings. The molecule has 0 aliphatic carbocycles. The van der Waals surface area contributed by atoms with Gasteiger partial charge in [0.05, 0.1) is 26.5 Å². The van der Waals surface area contributed by atoms with Crippen LogP contribution in [0.2, 0.25) is 0 Å². The molecule has 0 fully saturated rings. The summed E-state index contributed by atoms with van der Waals surface area (Å²) in [6, 6.07) is 21.9. The second-order valence-corrected chi connectivity index (χ2v) is 7.38. The molecule has 3 aromatic rings. The standard InChI is InChI=1S/C26H27NO4/c1-5-30-20-12-13-22-21(16-20)17(2)25(19-11-14-23(28-3)24(15-19)29-4)31-26(27-22)18-9-7-6-8-10-18/h6-17,25H,5H2,1-4H3/t17-,25-/m1/s1. The zero-order chi connectivity index (χ0) is 21.8. The van der Waals surface area contributed by atoms with Gasteiger partial charge in [0.15, 0.2) is 11.5 Å². The van der Waals surface area contributed by atoms with E-state index >= 15 is 0 Å². The molecular weight excluding hydrogens is 390 g/mol. The van der Waals surface area contributed by atoms with E-state index in [4.69, 9.17) is 23.9 Å². The lowest BCUT2D eigenvalue weighted by Crippen LogP contribution is -2.16. The molecule has 0 amide bonds. The van der Waals surface area contributed by atoms with Gasteiger partial charge in [0, 0.05) is 11.5 Å². The van der Waals surface area contributed by atoms with Crippen LogP contribution in [0.1, 0.15) is 42.6 Å². The molecule has 3 aromatic carbocycles. The fraction of sp³-hybridized carbons (Fsp3) is 0.269. The average Bonchev–Trinajstić information content (AvgIpc) is 2.96. The summed E-state index contributed by atoms with van der Waals surface area (Å²) in [6.07, 6.45) is -0.267. The summed E-state index contributed by atoms with van der Waals surface area (Å²) in [4.78, 5) is 4.90. The Labute approximate surface area is 183 Å². The van der Waals surface area contributed by atoms with E-state index in [1.807, 2.05) is 67.6 Å². The second-order valence-electron chi connectivity index (χ2n) is 7.38. The highest BCUT2D eigenvalue weighted by Crippen LogP contribution is 2.44. The van der Waals surface area contributed by atoms with Crippen molar-refractivity contribution < 1.29 is 18.9 Å². The van der Waals surface area contributed by atoms with E-state index in [1.54, 1.807) is 14.2 Å². The first-order chi connectivity index (χ1) is 15.1. The van der Waals surface area contributed by atoms with E-state index in [-0.39, 0.29) is 12.0 Å². The van der Waals surface area contributed by atoms with Crippen LogP contribution in [-0.2, 0) is 4.74 Å². The fourth-order valence-corrected chi connectivity index (χ4v) is 3.88. The van der Waals surface area contributed by atoms with Crippen molar-refractivity contribution in [1.82, 2.24) is 0 Å². The zero-order valence-corrected chi connectivity index (χ0v) is 18.3. The van der Waals surface area contributed by atoms with Gasteiger partial charge in [0.2, 0.25) is 5.90 Å². The highest BCUT2D eigenvalue weighted by molar-refractivity contribution is 5.96. The lowest BCUT2D eigenvalue weighted by Gasteiger charge is -2.25. The van der Waals surface area contributed by atoms with Gasteiger partial charge in [-0.25, -0.2) is 4.99 Å². The first-order valence-electron chi connectivity index (χ1n) is 10.4. The number of benzene rings is 3. The summed E-state index contributed by atoms with van der Waals surface area (Å²) in [5.74, 6) is 2.80. The molecule has 0 bridgehead atoms. The summed E-state index contributed by atoms with van der Waals surface area (Å²) in [7, 11) is 3.27. The molecule has 4 rings (SSSR count). The molecule has 5 nitrogen and oxygen atoms in total. The SMILES string of the molecule is CCOc1ccc2c(c1)[C@@H](C)[C@H](c1ccc(OC)c(OC)c1)OC(c1ccccc1)=N2. The summed E-state index contributed by atoms with van der Waals surface area (Å²) in [6.45, 7) is 4.75. The maximum absolute atomic E-state index is 6.56. The third-order valence-electron chi connectivity index (χ3n) is 5.47. The van der Waals surface area contributed by atoms with Gasteiger partial charge >= 0.3 is 0 Å². The van der Waals surface area contributed by atoms with Gasteiger partial charge in [-0.1, -0.05) is 31.2 Å². The van der Waals surface area contributed by atoms with Crippen LogP contribution < -0.4 is 14.2 Å². The molecule has 0 saturated carbocycles. The Morgan fingerprint density at radius 3 is 2.39 bits per heavy atom. The minimum Gasteiger partial charge on any atom is -0.494 e. The Morgan fingerprint density at radius 2 is 1.68 bits per heavy atom. The van der Waals surface area contributed by atoms with E-state index in [2.05, 4.69) is 13.0 Å². The van der Waals surface area contributed by atoms with E-state index < -0.39 is 0 Å². The van der Waals surface area contributed by atoms with Crippen LogP contribution >= 0.6 is 0 Å². The van der Waals surface area contributed by atoms with E-state index in [0.29, 0.717) is 24.0 Å². The van der Waals surface area contributed by atoms with Crippen molar-refractivity contribution in [3.63, 3.8) is 0 Å². The predicted octanol–water partition coefficient (Wildman–Crippen LogP) is 6.06. The molecule has 0 saturated heterocycles. The lowest BCUT2D eigenvalue weighted by atomic mass is 9.89. The van der Waals surface area contributed by atoms with Crippen LogP contribution in [0.4, 0.5) is 5.69 Å². The Morgan fingerprint density at radius 1 is 0.903 bits per heavy atom. The second kappa shape index (κ2) is 9.13. The van der Waals surface area contributed by atoms with Crippen molar-refractivity contribution in [2.45, 2.75) is 25.9 Å². The first kappa shape index (κ1) is 20.8.